The van der Waals surface area contributed by atoms with E-state index in [9.17, 15) is 18.0 Å². The van der Waals surface area contributed by atoms with E-state index in [0.717, 1.165) is 15.3 Å². The van der Waals surface area contributed by atoms with Gasteiger partial charge in [-0.3, -0.25) is 14.3 Å². The van der Waals surface area contributed by atoms with Crippen LogP contribution in [0.2, 0.25) is 0 Å². The van der Waals surface area contributed by atoms with Crippen LogP contribution in [0.15, 0.2) is 45.1 Å². The standard InChI is InChI=1S/C12H14N4O4S/c1-15-8-10(11(17)16(2)12(15)18)21(19,20)14-7-9-5-3-4-6-13-9/h3-6,8,14H,7H2,1-2H3. The van der Waals surface area contributed by atoms with Crippen molar-refractivity contribution in [2.75, 3.05) is 0 Å². The highest BCUT2D eigenvalue weighted by Crippen LogP contribution is 2.02. The lowest BCUT2D eigenvalue weighted by atomic mass is 10.4. The van der Waals surface area contributed by atoms with Gasteiger partial charge < -0.3 is 4.57 Å². The Labute approximate surface area is 120 Å². The first-order valence-electron chi connectivity index (χ1n) is 5.99. The molecule has 21 heavy (non-hydrogen) atoms. The second-order valence-corrected chi connectivity index (χ2v) is 6.13. The fourth-order valence-electron chi connectivity index (χ4n) is 1.71. The average Bonchev–Trinajstić information content (AvgIpc) is 2.48. The smallest absolute Gasteiger partial charge is 0.302 e. The van der Waals surface area contributed by atoms with Gasteiger partial charge in [-0.2, -0.15) is 0 Å². The van der Waals surface area contributed by atoms with Crippen molar-refractivity contribution >= 4 is 10.0 Å². The summed E-state index contributed by atoms with van der Waals surface area (Å²) in [6.45, 7) is -0.0465. The molecule has 112 valence electrons. The Bertz CT molecular complexity index is 868. The first kappa shape index (κ1) is 15.1. The van der Waals surface area contributed by atoms with E-state index in [1.54, 1.807) is 18.2 Å². The van der Waals surface area contributed by atoms with Crippen LogP contribution in [-0.4, -0.2) is 22.5 Å². The minimum Gasteiger partial charge on any atom is -0.302 e. The molecule has 2 aromatic heterocycles. The van der Waals surface area contributed by atoms with E-state index < -0.39 is 26.2 Å². The van der Waals surface area contributed by atoms with Gasteiger partial charge in [0.25, 0.3) is 5.56 Å². The maximum Gasteiger partial charge on any atom is 0.330 e. The maximum atomic E-state index is 12.2. The van der Waals surface area contributed by atoms with E-state index in [0.29, 0.717) is 5.69 Å². The molecule has 0 fully saturated rings. The van der Waals surface area contributed by atoms with Crippen LogP contribution in [0, 0.1) is 0 Å². The molecule has 0 atom stereocenters. The Balaban J connectivity index is 2.37. The summed E-state index contributed by atoms with van der Waals surface area (Å²) in [6.07, 6.45) is 2.54. The quantitative estimate of drug-likeness (QED) is 0.777. The van der Waals surface area contributed by atoms with Crippen LogP contribution in [-0.2, 0) is 30.7 Å². The van der Waals surface area contributed by atoms with Gasteiger partial charge in [0.05, 0.1) is 12.2 Å². The van der Waals surface area contributed by atoms with Crippen LogP contribution in [0.3, 0.4) is 0 Å². The van der Waals surface area contributed by atoms with E-state index in [1.807, 2.05) is 0 Å². The maximum absolute atomic E-state index is 12.2. The Morgan fingerprint density at radius 3 is 2.57 bits per heavy atom. The Morgan fingerprint density at radius 2 is 1.95 bits per heavy atom. The Hall–Kier alpha value is -2.26. The van der Waals surface area contributed by atoms with Gasteiger partial charge in [-0.1, -0.05) is 6.07 Å². The van der Waals surface area contributed by atoms with Gasteiger partial charge in [0.2, 0.25) is 10.0 Å². The van der Waals surface area contributed by atoms with E-state index >= 15 is 0 Å². The summed E-state index contributed by atoms with van der Waals surface area (Å²) in [5, 5.41) is 0. The predicted octanol–water partition coefficient (Wildman–Crippen LogP) is -1.04. The highest BCUT2D eigenvalue weighted by Gasteiger charge is 2.21. The molecule has 0 saturated carbocycles. The largest absolute Gasteiger partial charge is 0.330 e. The van der Waals surface area contributed by atoms with Crippen LogP contribution in [0.1, 0.15) is 5.69 Å². The van der Waals surface area contributed by atoms with E-state index in [4.69, 9.17) is 0 Å². The van der Waals surface area contributed by atoms with Crippen molar-refractivity contribution in [2.45, 2.75) is 11.4 Å². The number of hydrogen-bond donors (Lipinski definition) is 1. The first-order chi connectivity index (χ1) is 9.83. The summed E-state index contributed by atoms with van der Waals surface area (Å²) >= 11 is 0. The molecular weight excluding hydrogens is 296 g/mol. The third kappa shape index (κ3) is 3.09. The average molecular weight is 310 g/mol. The zero-order valence-electron chi connectivity index (χ0n) is 11.5. The molecular formula is C12H14N4O4S. The summed E-state index contributed by atoms with van der Waals surface area (Å²) in [4.78, 5) is 27.0. The van der Waals surface area contributed by atoms with Crippen molar-refractivity contribution in [1.29, 1.82) is 0 Å². The third-order valence-corrected chi connectivity index (χ3v) is 4.26. The number of hydrogen-bond acceptors (Lipinski definition) is 5. The normalized spacial score (nSPS) is 11.5. The Kier molecular flexibility index (Phi) is 4.05. The van der Waals surface area contributed by atoms with Crippen LogP contribution in [0.4, 0.5) is 0 Å². The highest BCUT2D eigenvalue weighted by molar-refractivity contribution is 7.89. The van der Waals surface area contributed by atoms with Crippen molar-refractivity contribution in [2.24, 2.45) is 14.1 Å². The molecule has 0 spiro atoms. The number of rotatable bonds is 4. The summed E-state index contributed by atoms with van der Waals surface area (Å²) < 4.78 is 28.4. The molecule has 2 aromatic rings. The zero-order chi connectivity index (χ0) is 15.6. The molecule has 0 bridgehead atoms. The van der Waals surface area contributed by atoms with Crippen LogP contribution >= 0.6 is 0 Å². The number of nitrogens with zero attached hydrogens (tertiary/aromatic N) is 3. The summed E-state index contributed by atoms with van der Waals surface area (Å²) in [6, 6.07) is 5.09. The van der Waals surface area contributed by atoms with Gasteiger partial charge in [-0.25, -0.2) is 17.9 Å². The number of aryl methyl sites for hydroxylation is 1. The fraction of sp³-hybridized carbons (Fsp3) is 0.250. The topological polar surface area (TPSA) is 103 Å². The summed E-state index contributed by atoms with van der Waals surface area (Å²) in [7, 11) is -1.43. The minimum absolute atomic E-state index is 0.0465. The lowest BCUT2D eigenvalue weighted by molar-refractivity contribution is 0.570. The fourth-order valence-corrected chi connectivity index (χ4v) is 2.87. The van der Waals surface area contributed by atoms with Gasteiger partial charge in [-0.15, -0.1) is 0 Å². The first-order valence-corrected chi connectivity index (χ1v) is 7.47. The lowest BCUT2D eigenvalue weighted by Crippen LogP contribution is -2.41. The van der Waals surface area contributed by atoms with Gasteiger partial charge in [-0.05, 0) is 12.1 Å². The van der Waals surface area contributed by atoms with Crippen molar-refractivity contribution in [3.8, 4) is 0 Å². The van der Waals surface area contributed by atoms with Gasteiger partial charge in [0.1, 0.15) is 0 Å². The Morgan fingerprint density at radius 1 is 1.24 bits per heavy atom. The molecule has 2 rings (SSSR count). The molecule has 0 aromatic carbocycles. The molecule has 0 unspecified atom stereocenters. The van der Waals surface area contributed by atoms with E-state index in [1.165, 1.54) is 20.3 Å². The van der Waals surface area contributed by atoms with Gasteiger partial charge in [0, 0.05) is 26.5 Å². The van der Waals surface area contributed by atoms with Crippen LogP contribution in [0.5, 0.6) is 0 Å². The van der Waals surface area contributed by atoms with Crippen LogP contribution in [0.25, 0.3) is 0 Å². The third-order valence-electron chi connectivity index (χ3n) is 2.87. The molecule has 0 aliphatic rings. The van der Waals surface area contributed by atoms with Crippen molar-refractivity contribution < 1.29 is 8.42 Å². The van der Waals surface area contributed by atoms with E-state index in [-0.39, 0.29) is 6.54 Å². The minimum atomic E-state index is -4.03. The molecule has 0 saturated heterocycles. The zero-order valence-corrected chi connectivity index (χ0v) is 12.3. The lowest BCUT2D eigenvalue weighted by Gasteiger charge is -2.08. The van der Waals surface area contributed by atoms with Crippen molar-refractivity contribution in [3.05, 3.63) is 57.1 Å². The number of aromatic nitrogens is 3. The van der Waals surface area contributed by atoms with Crippen molar-refractivity contribution in [3.63, 3.8) is 0 Å². The number of pyridine rings is 1. The van der Waals surface area contributed by atoms with Gasteiger partial charge >= 0.3 is 5.69 Å². The predicted molar refractivity (Wildman–Crippen MR) is 75.2 cm³/mol. The number of sulfonamides is 1. The van der Waals surface area contributed by atoms with Gasteiger partial charge in [0.15, 0.2) is 4.90 Å². The molecule has 0 aliphatic carbocycles. The summed E-state index contributed by atoms with van der Waals surface area (Å²) in [5.41, 5.74) is -0.946. The molecule has 2 heterocycles. The molecule has 0 amide bonds. The second kappa shape index (κ2) is 5.62. The van der Waals surface area contributed by atoms with E-state index in [2.05, 4.69) is 9.71 Å². The van der Waals surface area contributed by atoms with Crippen molar-refractivity contribution in [1.82, 2.24) is 18.8 Å². The molecule has 0 radical (unpaired) electrons. The molecule has 0 aliphatic heterocycles. The molecule has 1 N–H and O–H groups in total. The second-order valence-electron chi connectivity index (χ2n) is 4.40. The van der Waals surface area contributed by atoms with Crippen LogP contribution < -0.4 is 16.0 Å². The monoisotopic (exact) mass is 310 g/mol. The summed E-state index contributed by atoms with van der Waals surface area (Å²) in [5.74, 6) is 0. The molecule has 9 heteroatoms. The number of nitrogens with one attached hydrogen (secondary N) is 1. The molecule has 8 nitrogen and oxygen atoms in total. The highest BCUT2D eigenvalue weighted by atomic mass is 32.2. The SMILES string of the molecule is Cn1cc(S(=O)(=O)NCc2ccccn2)c(=O)n(C)c1=O.